The Morgan fingerprint density at radius 1 is 1.29 bits per heavy atom. The fourth-order valence-corrected chi connectivity index (χ4v) is 5.79. The number of aryl methyl sites for hydroxylation is 1. The molecule has 1 unspecified atom stereocenters. The molecule has 0 spiro atoms. The van der Waals surface area contributed by atoms with E-state index in [-0.39, 0.29) is 11.3 Å². The molecule has 0 bridgehead atoms. The molecule has 0 radical (unpaired) electrons. The third-order valence-electron chi connectivity index (χ3n) is 6.78. The normalized spacial score (nSPS) is 41.1. The Kier molecular flexibility index (Phi) is 2.89. The minimum atomic E-state index is 0.173. The van der Waals surface area contributed by atoms with E-state index in [0.717, 1.165) is 6.42 Å². The van der Waals surface area contributed by atoms with Gasteiger partial charge in [0.15, 0.2) is 0 Å². The van der Waals surface area contributed by atoms with Gasteiger partial charge in [0, 0.05) is 5.92 Å². The number of hydrogen-bond donors (Lipinski definition) is 0. The molecule has 1 aromatic carbocycles. The lowest BCUT2D eigenvalue weighted by Gasteiger charge is -2.50. The highest BCUT2D eigenvalue weighted by Crippen LogP contribution is 2.63. The first-order valence-electron chi connectivity index (χ1n) is 8.36. The molecular formula is C20H24O. The van der Waals surface area contributed by atoms with Crippen molar-refractivity contribution in [2.75, 3.05) is 0 Å². The van der Waals surface area contributed by atoms with Crippen molar-refractivity contribution in [2.45, 2.75) is 44.9 Å². The molecule has 110 valence electrons. The van der Waals surface area contributed by atoms with E-state index >= 15 is 0 Å². The zero-order valence-corrected chi connectivity index (χ0v) is 12.8. The van der Waals surface area contributed by atoms with Gasteiger partial charge in [-0.15, -0.1) is 0 Å². The Balaban J connectivity index is 1.75. The van der Waals surface area contributed by atoms with Gasteiger partial charge in [0.1, 0.15) is 6.29 Å². The van der Waals surface area contributed by atoms with Gasteiger partial charge in [-0.2, -0.15) is 0 Å². The predicted octanol–water partition coefficient (Wildman–Crippen LogP) is 4.52. The number of carbonyl (C=O) groups is 1. The number of aldehydes is 1. The first kappa shape index (κ1) is 13.3. The highest BCUT2D eigenvalue weighted by atomic mass is 16.1. The van der Waals surface area contributed by atoms with E-state index in [9.17, 15) is 4.79 Å². The van der Waals surface area contributed by atoms with Crippen LogP contribution in [0, 0.1) is 23.2 Å². The number of hydrogen-bond acceptors (Lipinski definition) is 1. The lowest BCUT2D eigenvalue weighted by Crippen LogP contribution is -2.42. The first-order valence-corrected chi connectivity index (χ1v) is 8.36. The minimum absolute atomic E-state index is 0.173. The van der Waals surface area contributed by atoms with Crippen molar-refractivity contribution in [2.24, 2.45) is 23.2 Å². The molecule has 3 aliphatic carbocycles. The molecule has 5 atom stereocenters. The average molecular weight is 280 g/mol. The summed E-state index contributed by atoms with van der Waals surface area (Å²) in [5.41, 5.74) is 4.66. The number of rotatable bonds is 1. The van der Waals surface area contributed by atoms with Crippen molar-refractivity contribution < 1.29 is 4.79 Å². The highest BCUT2D eigenvalue weighted by Gasteiger charge is 2.56. The zero-order valence-electron chi connectivity index (χ0n) is 12.8. The first-order chi connectivity index (χ1) is 10.1. The molecule has 1 heteroatoms. The van der Waals surface area contributed by atoms with Gasteiger partial charge in [0.2, 0.25) is 0 Å². The van der Waals surface area contributed by atoms with Gasteiger partial charge in [-0.1, -0.05) is 43.3 Å². The summed E-state index contributed by atoms with van der Waals surface area (Å²) >= 11 is 0. The Morgan fingerprint density at radius 3 is 2.90 bits per heavy atom. The van der Waals surface area contributed by atoms with Gasteiger partial charge in [0.05, 0.1) is 0 Å². The molecule has 1 nitrogen and oxygen atoms in total. The molecule has 0 aromatic heterocycles. The van der Waals surface area contributed by atoms with Crippen LogP contribution in [0.4, 0.5) is 0 Å². The summed E-state index contributed by atoms with van der Waals surface area (Å²) in [7, 11) is 0. The van der Waals surface area contributed by atoms with E-state index in [4.69, 9.17) is 0 Å². The molecule has 3 aliphatic rings. The summed E-state index contributed by atoms with van der Waals surface area (Å²) in [6.07, 6.45) is 7.02. The molecule has 2 fully saturated rings. The highest BCUT2D eigenvalue weighted by molar-refractivity contribution is 5.58. The zero-order chi connectivity index (χ0) is 14.6. The minimum Gasteiger partial charge on any atom is -0.303 e. The van der Waals surface area contributed by atoms with E-state index in [2.05, 4.69) is 37.8 Å². The second-order valence-corrected chi connectivity index (χ2v) is 7.63. The van der Waals surface area contributed by atoms with Crippen LogP contribution in [0.15, 0.2) is 36.4 Å². The molecular weight excluding hydrogens is 256 g/mol. The second-order valence-electron chi connectivity index (χ2n) is 7.63. The van der Waals surface area contributed by atoms with Crippen LogP contribution < -0.4 is 0 Å². The smallest absolute Gasteiger partial charge is 0.123 e. The summed E-state index contributed by atoms with van der Waals surface area (Å²) in [6.45, 7) is 6.72. The molecule has 4 rings (SSSR count). The number of carbonyl (C=O) groups excluding carboxylic acids is 1. The van der Waals surface area contributed by atoms with Gasteiger partial charge < -0.3 is 4.79 Å². The van der Waals surface area contributed by atoms with E-state index in [1.54, 1.807) is 11.1 Å². The molecule has 0 saturated heterocycles. The lowest BCUT2D eigenvalue weighted by atomic mass is 9.54. The van der Waals surface area contributed by atoms with Crippen LogP contribution in [0.5, 0.6) is 0 Å². The van der Waals surface area contributed by atoms with Crippen molar-refractivity contribution in [1.29, 1.82) is 0 Å². The van der Waals surface area contributed by atoms with Crippen LogP contribution in [-0.2, 0) is 11.2 Å². The van der Waals surface area contributed by atoms with E-state index in [1.165, 1.54) is 37.5 Å². The fraction of sp³-hybridized carbons (Fsp3) is 0.550. The van der Waals surface area contributed by atoms with Crippen molar-refractivity contribution in [1.82, 2.24) is 0 Å². The average Bonchev–Trinajstić information content (AvgIpc) is 2.77. The predicted molar refractivity (Wildman–Crippen MR) is 85.1 cm³/mol. The van der Waals surface area contributed by atoms with Gasteiger partial charge in [0.25, 0.3) is 0 Å². The Labute approximate surface area is 127 Å². The molecule has 0 heterocycles. The maximum atomic E-state index is 11.5. The molecule has 21 heavy (non-hydrogen) atoms. The monoisotopic (exact) mass is 280 g/mol. The second kappa shape index (κ2) is 4.56. The maximum Gasteiger partial charge on any atom is 0.123 e. The van der Waals surface area contributed by atoms with Crippen LogP contribution >= 0.6 is 0 Å². The van der Waals surface area contributed by atoms with E-state index in [1.807, 2.05) is 0 Å². The van der Waals surface area contributed by atoms with Gasteiger partial charge in [-0.25, -0.2) is 0 Å². The SMILES string of the molecule is C=C1CC(C=O)[C@@]2(C)CC[C@@H]3c4ccccc4CC[C@H]3[C@H]12. The largest absolute Gasteiger partial charge is 0.303 e. The maximum absolute atomic E-state index is 11.5. The third kappa shape index (κ3) is 1.73. The lowest BCUT2D eigenvalue weighted by molar-refractivity contribution is -0.115. The Morgan fingerprint density at radius 2 is 2.10 bits per heavy atom. The van der Waals surface area contributed by atoms with Crippen molar-refractivity contribution >= 4 is 6.29 Å². The van der Waals surface area contributed by atoms with Crippen molar-refractivity contribution in [3.63, 3.8) is 0 Å². The summed E-state index contributed by atoms with van der Waals surface area (Å²) in [5, 5.41) is 0. The Bertz CT molecular complexity index is 602. The van der Waals surface area contributed by atoms with E-state index < -0.39 is 0 Å². The summed E-state index contributed by atoms with van der Waals surface area (Å²) < 4.78 is 0. The van der Waals surface area contributed by atoms with Crippen LogP contribution in [-0.4, -0.2) is 6.29 Å². The number of fused-ring (bicyclic) bond motifs is 5. The molecule has 0 aliphatic heterocycles. The summed E-state index contributed by atoms with van der Waals surface area (Å²) in [6, 6.07) is 9.00. The summed E-state index contributed by atoms with van der Waals surface area (Å²) in [4.78, 5) is 11.5. The van der Waals surface area contributed by atoms with Crippen LogP contribution in [0.2, 0.25) is 0 Å². The summed E-state index contributed by atoms with van der Waals surface area (Å²) in [5.74, 6) is 2.15. The third-order valence-corrected chi connectivity index (χ3v) is 6.78. The van der Waals surface area contributed by atoms with Gasteiger partial charge in [-0.05, 0) is 66.4 Å². The topological polar surface area (TPSA) is 17.1 Å². The number of allylic oxidation sites excluding steroid dienone is 1. The molecule has 1 aromatic rings. The van der Waals surface area contributed by atoms with Gasteiger partial charge >= 0.3 is 0 Å². The number of benzene rings is 1. The fourth-order valence-electron chi connectivity index (χ4n) is 5.79. The Hall–Kier alpha value is -1.37. The standard InChI is InChI=1S/C20H24O/c1-13-11-15(12-21)20(2)10-9-17-16-6-4-3-5-14(16)7-8-18(17)19(13)20/h3-6,12,15,17-19H,1,7-11H2,2H3/t15?,17-,18-,19+,20-/m1/s1. The molecule has 0 N–H and O–H groups in total. The van der Waals surface area contributed by atoms with Crippen LogP contribution in [0.25, 0.3) is 0 Å². The van der Waals surface area contributed by atoms with Crippen molar-refractivity contribution in [3.05, 3.63) is 47.5 Å². The van der Waals surface area contributed by atoms with Crippen LogP contribution in [0.1, 0.15) is 49.7 Å². The van der Waals surface area contributed by atoms with Gasteiger partial charge in [-0.3, -0.25) is 0 Å². The van der Waals surface area contributed by atoms with E-state index in [0.29, 0.717) is 17.8 Å². The molecule has 2 saturated carbocycles. The van der Waals surface area contributed by atoms with Crippen LogP contribution in [0.3, 0.4) is 0 Å². The van der Waals surface area contributed by atoms with Crippen molar-refractivity contribution in [3.8, 4) is 0 Å². The quantitative estimate of drug-likeness (QED) is 0.546. The molecule has 0 amide bonds.